The molecule has 0 saturated heterocycles. The summed E-state index contributed by atoms with van der Waals surface area (Å²) in [7, 11) is 0. The van der Waals surface area contributed by atoms with Crippen molar-refractivity contribution in [2.75, 3.05) is 11.9 Å². The Morgan fingerprint density at radius 1 is 1.29 bits per heavy atom. The molecular formula is C15H18N6. The van der Waals surface area contributed by atoms with Crippen LogP contribution in [-0.2, 0) is 19.5 Å². The molecule has 2 aromatic rings. The van der Waals surface area contributed by atoms with Gasteiger partial charge in [-0.15, -0.1) is 0 Å². The molecule has 1 aliphatic rings. The first-order valence-electron chi connectivity index (χ1n) is 6.93. The Labute approximate surface area is 123 Å². The first kappa shape index (κ1) is 13.4. The summed E-state index contributed by atoms with van der Waals surface area (Å²) in [6.45, 7) is 2.08. The summed E-state index contributed by atoms with van der Waals surface area (Å²) in [5, 5.41) is 10.9. The van der Waals surface area contributed by atoms with Crippen LogP contribution in [0.5, 0.6) is 0 Å². The van der Waals surface area contributed by atoms with E-state index in [1.165, 1.54) is 11.1 Å². The van der Waals surface area contributed by atoms with E-state index in [-0.39, 0.29) is 5.96 Å². The quantitative estimate of drug-likeness (QED) is 0.584. The average molecular weight is 282 g/mol. The summed E-state index contributed by atoms with van der Waals surface area (Å²) < 4.78 is 0. The zero-order chi connectivity index (χ0) is 14.7. The standard InChI is InChI=1S/C15H18N6/c16-15(17)21-8-5-13-11(10-21)4-7-19-14(13)20-9-12-3-1-2-6-18-12/h1-4,6-7H,5,8-10H2,(H3,16,17)(H,19,20). The molecule has 0 aromatic carbocycles. The van der Waals surface area contributed by atoms with Crippen LogP contribution in [0.1, 0.15) is 16.8 Å². The average Bonchev–Trinajstić information content (AvgIpc) is 2.53. The fraction of sp³-hybridized carbons (Fsp3) is 0.267. The van der Waals surface area contributed by atoms with Gasteiger partial charge in [-0.3, -0.25) is 10.4 Å². The molecule has 0 fully saturated rings. The molecule has 4 N–H and O–H groups in total. The van der Waals surface area contributed by atoms with Gasteiger partial charge >= 0.3 is 0 Å². The molecule has 0 bridgehead atoms. The van der Waals surface area contributed by atoms with E-state index in [0.717, 1.165) is 24.5 Å². The molecule has 0 atom stereocenters. The molecule has 1 aliphatic heterocycles. The van der Waals surface area contributed by atoms with Crippen molar-refractivity contribution in [1.29, 1.82) is 5.41 Å². The first-order chi connectivity index (χ1) is 10.2. The molecule has 2 aromatic heterocycles. The van der Waals surface area contributed by atoms with Crippen LogP contribution in [0.25, 0.3) is 0 Å². The maximum absolute atomic E-state index is 7.54. The van der Waals surface area contributed by atoms with Gasteiger partial charge in [0.2, 0.25) is 0 Å². The van der Waals surface area contributed by atoms with Crippen molar-refractivity contribution < 1.29 is 0 Å². The smallest absolute Gasteiger partial charge is 0.188 e. The number of aromatic nitrogens is 2. The lowest BCUT2D eigenvalue weighted by atomic mass is 10.0. The van der Waals surface area contributed by atoms with Crippen LogP contribution < -0.4 is 11.1 Å². The fourth-order valence-corrected chi connectivity index (χ4v) is 2.53. The van der Waals surface area contributed by atoms with Crippen LogP contribution in [0.2, 0.25) is 0 Å². The monoisotopic (exact) mass is 282 g/mol. The Bertz CT molecular complexity index is 640. The number of anilines is 1. The molecule has 3 heterocycles. The third-order valence-corrected chi connectivity index (χ3v) is 3.65. The highest BCUT2D eigenvalue weighted by molar-refractivity contribution is 5.75. The summed E-state index contributed by atoms with van der Waals surface area (Å²) in [4.78, 5) is 10.6. The molecule has 0 aliphatic carbocycles. The molecule has 0 unspecified atom stereocenters. The molecule has 0 saturated carbocycles. The molecule has 3 rings (SSSR count). The number of pyridine rings is 2. The minimum absolute atomic E-state index is 0.125. The van der Waals surface area contributed by atoms with Gasteiger partial charge in [0.05, 0.1) is 12.2 Å². The maximum Gasteiger partial charge on any atom is 0.188 e. The number of rotatable bonds is 3. The number of nitrogens with zero attached hydrogens (tertiary/aromatic N) is 3. The second-order valence-electron chi connectivity index (χ2n) is 5.03. The summed E-state index contributed by atoms with van der Waals surface area (Å²) in [5.41, 5.74) is 8.94. The van der Waals surface area contributed by atoms with Gasteiger partial charge in [-0.05, 0) is 30.2 Å². The van der Waals surface area contributed by atoms with E-state index in [9.17, 15) is 0 Å². The predicted octanol–water partition coefficient (Wildman–Crippen LogP) is 1.34. The Hall–Kier alpha value is -2.63. The Morgan fingerprint density at radius 3 is 2.95 bits per heavy atom. The SMILES string of the molecule is N=C(N)N1CCc2c(ccnc2NCc2ccccn2)C1. The molecule has 0 spiro atoms. The second kappa shape index (κ2) is 5.78. The van der Waals surface area contributed by atoms with E-state index in [4.69, 9.17) is 11.1 Å². The van der Waals surface area contributed by atoms with Gasteiger partial charge in [0, 0.05) is 31.0 Å². The summed E-state index contributed by atoms with van der Waals surface area (Å²) >= 11 is 0. The van der Waals surface area contributed by atoms with E-state index in [0.29, 0.717) is 13.1 Å². The van der Waals surface area contributed by atoms with Gasteiger partial charge in [0.1, 0.15) is 5.82 Å². The van der Waals surface area contributed by atoms with Gasteiger partial charge in [-0.2, -0.15) is 0 Å². The van der Waals surface area contributed by atoms with Gasteiger partial charge in [-0.25, -0.2) is 4.98 Å². The van der Waals surface area contributed by atoms with E-state index in [1.807, 2.05) is 29.2 Å². The number of hydrogen-bond acceptors (Lipinski definition) is 4. The number of guanidine groups is 1. The number of nitrogens with two attached hydrogens (primary N) is 1. The molecule has 0 amide bonds. The normalized spacial score (nSPS) is 13.6. The van der Waals surface area contributed by atoms with E-state index >= 15 is 0 Å². The van der Waals surface area contributed by atoms with Crippen molar-refractivity contribution in [2.45, 2.75) is 19.5 Å². The van der Waals surface area contributed by atoms with Crippen molar-refractivity contribution >= 4 is 11.8 Å². The summed E-state index contributed by atoms with van der Waals surface area (Å²) in [6.07, 6.45) is 4.42. The van der Waals surface area contributed by atoms with Crippen molar-refractivity contribution in [3.05, 3.63) is 53.5 Å². The largest absolute Gasteiger partial charge is 0.370 e. The van der Waals surface area contributed by atoms with Crippen LogP contribution in [0, 0.1) is 5.41 Å². The predicted molar refractivity (Wildman–Crippen MR) is 81.8 cm³/mol. The van der Waals surface area contributed by atoms with E-state index in [2.05, 4.69) is 15.3 Å². The van der Waals surface area contributed by atoms with Crippen LogP contribution in [0.4, 0.5) is 5.82 Å². The number of fused-ring (bicyclic) bond motifs is 1. The van der Waals surface area contributed by atoms with Crippen LogP contribution in [0.3, 0.4) is 0 Å². The van der Waals surface area contributed by atoms with Crippen molar-refractivity contribution in [3.63, 3.8) is 0 Å². The fourth-order valence-electron chi connectivity index (χ4n) is 2.53. The number of nitrogens with one attached hydrogen (secondary N) is 2. The second-order valence-corrected chi connectivity index (χ2v) is 5.03. The third-order valence-electron chi connectivity index (χ3n) is 3.65. The van der Waals surface area contributed by atoms with Crippen LogP contribution >= 0.6 is 0 Å². The molecule has 0 radical (unpaired) electrons. The minimum Gasteiger partial charge on any atom is -0.370 e. The minimum atomic E-state index is 0.125. The zero-order valence-electron chi connectivity index (χ0n) is 11.7. The molecule has 21 heavy (non-hydrogen) atoms. The van der Waals surface area contributed by atoms with Gasteiger partial charge in [0.15, 0.2) is 5.96 Å². The van der Waals surface area contributed by atoms with Crippen LogP contribution in [-0.4, -0.2) is 27.4 Å². The molecular weight excluding hydrogens is 264 g/mol. The van der Waals surface area contributed by atoms with Gasteiger partial charge < -0.3 is 16.0 Å². The van der Waals surface area contributed by atoms with Crippen LogP contribution in [0.15, 0.2) is 36.7 Å². The molecule has 6 nitrogen and oxygen atoms in total. The Morgan fingerprint density at radius 2 is 2.19 bits per heavy atom. The first-order valence-corrected chi connectivity index (χ1v) is 6.93. The zero-order valence-corrected chi connectivity index (χ0v) is 11.7. The van der Waals surface area contributed by atoms with Gasteiger partial charge in [0.25, 0.3) is 0 Å². The Kier molecular flexibility index (Phi) is 3.68. The maximum atomic E-state index is 7.54. The lowest BCUT2D eigenvalue weighted by Crippen LogP contribution is -2.40. The highest BCUT2D eigenvalue weighted by Gasteiger charge is 2.20. The van der Waals surface area contributed by atoms with Crippen molar-refractivity contribution in [2.24, 2.45) is 5.73 Å². The summed E-state index contributed by atoms with van der Waals surface area (Å²) in [6, 6.07) is 7.86. The topological polar surface area (TPSA) is 90.9 Å². The van der Waals surface area contributed by atoms with Gasteiger partial charge in [-0.1, -0.05) is 6.07 Å². The summed E-state index contributed by atoms with van der Waals surface area (Å²) in [5.74, 6) is 1.03. The van der Waals surface area contributed by atoms with E-state index < -0.39 is 0 Å². The molecule has 6 heteroatoms. The number of hydrogen-bond donors (Lipinski definition) is 3. The van der Waals surface area contributed by atoms with Crippen molar-refractivity contribution in [1.82, 2.24) is 14.9 Å². The highest BCUT2D eigenvalue weighted by Crippen LogP contribution is 2.24. The Balaban J connectivity index is 1.76. The van der Waals surface area contributed by atoms with E-state index in [1.54, 1.807) is 12.4 Å². The third kappa shape index (κ3) is 2.94. The lowest BCUT2D eigenvalue weighted by Gasteiger charge is -2.29. The molecule has 108 valence electrons. The highest BCUT2D eigenvalue weighted by atomic mass is 15.2. The van der Waals surface area contributed by atoms with Crippen molar-refractivity contribution in [3.8, 4) is 0 Å². The lowest BCUT2D eigenvalue weighted by molar-refractivity contribution is 0.387.